The van der Waals surface area contributed by atoms with Gasteiger partial charge in [-0.15, -0.1) is 0 Å². The number of imide groups is 1. The number of anilines is 1. The van der Waals surface area contributed by atoms with Crippen molar-refractivity contribution in [2.45, 2.75) is 18.4 Å². The summed E-state index contributed by atoms with van der Waals surface area (Å²) in [6.45, 7) is 1.08. The lowest BCUT2D eigenvalue weighted by molar-refractivity contribution is -0.134. The maximum Gasteiger partial charge on any atom is 0.325 e. The average Bonchev–Trinajstić information content (AvgIpc) is 2.73. The van der Waals surface area contributed by atoms with Crippen molar-refractivity contribution in [3.05, 3.63) is 30.3 Å². The number of nitrogens with zero attached hydrogens (tertiary/aromatic N) is 1. The standard InChI is InChI=1S/C15H18N4O3/c20-12(17-11-4-2-1-3-5-11)10-19-13(21)15(18-14(19)22)6-8-16-9-7-15/h1-5,16H,6-10H2,(H,17,20)(H,18,22). The fourth-order valence-corrected chi connectivity index (χ4v) is 2.88. The molecule has 0 aromatic heterocycles. The Labute approximate surface area is 128 Å². The highest BCUT2D eigenvalue weighted by Crippen LogP contribution is 2.26. The first kappa shape index (κ1) is 14.5. The summed E-state index contributed by atoms with van der Waals surface area (Å²) in [6.07, 6.45) is 1.10. The molecule has 0 atom stereocenters. The molecule has 2 heterocycles. The Morgan fingerprint density at radius 3 is 2.55 bits per heavy atom. The fraction of sp³-hybridized carbons (Fsp3) is 0.400. The van der Waals surface area contributed by atoms with Crippen LogP contribution in [-0.4, -0.2) is 47.9 Å². The topological polar surface area (TPSA) is 90.5 Å². The molecule has 22 heavy (non-hydrogen) atoms. The van der Waals surface area contributed by atoms with E-state index in [9.17, 15) is 14.4 Å². The number of hydrogen-bond acceptors (Lipinski definition) is 4. The number of carbonyl (C=O) groups excluding carboxylic acids is 3. The molecule has 1 spiro atoms. The minimum atomic E-state index is -0.838. The molecule has 4 amide bonds. The van der Waals surface area contributed by atoms with Gasteiger partial charge in [0.2, 0.25) is 5.91 Å². The molecule has 0 saturated carbocycles. The Morgan fingerprint density at radius 2 is 1.86 bits per heavy atom. The Bertz CT molecular complexity index is 596. The summed E-state index contributed by atoms with van der Waals surface area (Å²) in [7, 11) is 0. The van der Waals surface area contributed by atoms with Gasteiger partial charge in [-0.05, 0) is 38.1 Å². The summed E-state index contributed by atoms with van der Waals surface area (Å²) >= 11 is 0. The monoisotopic (exact) mass is 302 g/mol. The summed E-state index contributed by atoms with van der Waals surface area (Å²) in [5.41, 5.74) is -0.203. The first-order valence-electron chi connectivity index (χ1n) is 7.30. The molecule has 0 bridgehead atoms. The molecule has 1 aromatic rings. The zero-order valence-corrected chi connectivity index (χ0v) is 12.1. The second-order valence-electron chi connectivity index (χ2n) is 5.57. The molecule has 3 rings (SSSR count). The summed E-state index contributed by atoms with van der Waals surface area (Å²) in [4.78, 5) is 37.6. The van der Waals surface area contributed by atoms with Crippen LogP contribution in [-0.2, 0) is 9.59 Å². The van der Waals surface area contributed by atoms with Gasteiger partial charge in [-0.25, -0.2) is 4.79 Å². The van der Waals surface area contributed by atoms with E-state index in [1.807, 2.05) is 6.07 Å². The maximum atomic E-state index is 12.5. The number of amides is 4. The third-order valence-corrected chi connectivity index (χ3v) is 4.06. The van der Waals surface area contributed by atoms with Gasteiger partial charge in [0, 0.05) is 5.69 Å². The van der Waals surface area contributed by atoms with E-state index in [0.717, 1.165) is 4.90 Å². The van der Waals surface area contributed by atoms with Gasteiger partial charge < -0.3 is 16.0 Å². The lowest BCUT2D eigenvalue weighted by atomic mass is 9.88. The van der Waals surface area contributed by atoms with Crippen LogP contribution in [0.1, 0.15) is 12.8 Å². The van der Waals surface area contributed by atoms with E-state index in [1.54, 1.807) is 24.3 Å². The third kappa shape index (κ3) is 2.67. The number of rotatable bonds is 3. The average molecular weight is 302 g/mol. The molecule has 2 fully saturated rings. The minimum Gasteiger partial charge on any atom is -0.325 e. The van der Waals surface area contributed by atoms with Crippen LogP contribution in [0.15, 0.2) is 30.3 Å². The van der Waals surface area contributed by atoms with E-state index >= 15 is 0 Å². The van der Waals surface area contributed by atoms with E-state index in [2.05, 4.69) is 16.0 Å². The Hall–Kier alpha value is -2.41. The van der Waals surface area contributed by atoms with Gasteiger partial charge in [0.25, 0.3) is 5.91 Å². The van der Waals surface area contributed by atoms with E-state index in [-0.39, 0.29) is 18.4 Å². The molecule has 3 N–H and O–H groups in total. The van der Waals surface area contributed by atoms with Crippen LogP contribution < -0.4 is 16.0 Å². The molecule has 0 radical (unpaired) electrons. The summed E-state index contributed by atoms with van der Waals surface area (Å²) < 4.78 is 0. The molecule has 116 valence electrons. The second kappa shape index (κ2) is 5.76. The van der Waals surface area contributed by atoms with Crippen molar-refractivity contribution in [2.75, 3.05) is 25.0 Å². The van der Waals surface area contributed by atoms with Gasteiger partial charge in [0.1, 0.15) is 12.1 Å². The number of nitrogens with one attached hydrogen (secondary N) is 3. The van der Waals surface area contributed by atoms with Crippen molar-refractivity contribution < 1.29 is 14.4 Å². The van der Waals surface area contributed by atoms with Crippen LogP contribution in [0.5, 0.6) is 0 Å². The van der Waals surface area contributed by atoms with Gasteiger partial charge in [-0.2, -0.15) is 0 Å². The molecule has 7 heteroatoms. The van der Waals surface area contributed by atoms with Crippen LogP contribution in [0.25, 0.3) is 0 Å². The molecule has 1 aromatic carbocycles. The first-order chi connectivity index (χ1) is 10.6. The second-order valence-corrected chi connectivity index (χ2v) is 5.57. The van der Waals surface area contributed by atoms with E-state index in [4.69, 9.17) is 0 Å². The SMILES string of the molecule is O=C(CN1C(=O)NC2(CCNCC2)C1=O)Nc1ccccc1. The first-order valence-corrected chi connectivity index (χ1v) is 7.30. The Balaban J connectivity index is 1.66. The normalized spacial score (nSPS) is 20.1. The van der Waals surface area contributed by atoms with Crippen molar-refractivity contribution >= 4 is 23.5 Å². The lowest BCUT2D eigenvalue weighted by Gasteiger charge is -2.30. The zero-order valence-electron chi connectivity index (χ0n) is 12.1. The highest BCUT2D eigenvalue weighted by molar-refractivity contribution is 6.10. The molecule has 0 aliphatic carbocycles. The van der Waals surface area contributed by atoms with Crippen LogP contribution >= 0.6 is 0 Å². The summed E-state index contributed by atoms with van der Waals surface area (Å²) in [5.74, 6) is -0.692. The van der Waals surface area contributed by atoms with Gasteiger partial charge >= 0.3 is 6.03 Å². The Morgan fingerprint density at radius 1 is 1.18 bits per heavy atom. The highest BCUT2D eigenvalue weighted by Gasteiger charge is 2.51. The highest BCUT2D eigenvalue weighted by atomic mass is 16.2. The maximum absolute atomic E-state index is 12.5. The van der Waals surface area contributed by atoms with Crippen LogP contribution in [0, 0.1) is 0 Å². The molecule has 2 aliphatic rings. The zero-order chi connectivity index (χ0) is 15.6. The third-order valence-electron chi connectivity index (χ3n) is 4.06. The van der Waals surface area contributed by atoms with Crippen LogP contribution in [0.2, 0.25) is 0 Å². The van der Waals surface area contributed by atoms with Gasteiger partial charge in [-0.1, -0.05) is 18.2 Å². The molecule has 0 unspecified atom stereocenters. The fourth-order valence-electron chi connectivity index (χ4n) is 2.88. The van der Waals surface area contributed by atoms with Crippen LogP contribution in [0.4, 0.5) is 10.5 Å². The van der Waals surface area contributed by atoms with Crippen molar-refractivity contribution in [3.63, 3.8) is 0 Å². The van der Waals surface area contributed by atoms with Crippen molar-refractivity contribution in [3.8, 4) is 0 Å². The van der Waals surface area contributed by atoms with Crippen molar-refractivity contribution in [2.24, 2.45) is 0 Å². The van der Waals surface area contributed by atoms with Gasteiger partial charge in [-0.3, -0.25) is 14.5 Å². The quantitative estimate of drug-likeness (QED) is 0.700. The smallest absolute Gasteiger partial charge is 0.325 e. The molecule has 2 saturated heterocycles. The van der Waals surface area contributed by atoms with Crippen LogP contribution in [0.3, 0.4) is 0 Å². The number of urea groups is 1. The van der Waals surface area contributed by atoms with E-state index in [0.29, 0.717) is 31.6 Å². The van der Waals surface area contributed by atoms with E-state index < -0.39 is 11.6 Å². The number of carbonyl (C=O) groups is 3. The molecular weight excluding hydrogens is 284 g/mol. The predicted molar refractivity (Wildman–Crippen MR) is 80.2 cm³/mol. The summed E-state index contributed by atoms with van der Waals surface area (Å²) in [5, 5.41) is 8.59. The summed E-state index contributed by atoms with van der Waals surface area (Å²) in [6, 6.07) is 8.44. The number of hydrogen-bond donors (Lipinski definition) is 3. The van der Waals surface area contributed by atoms with E-state index in [1.165, 1.54) is 0 Å². The van der Waals surface area contributed by atoms with Gasteiger partial charge in [0.15, 0.2) is 0 Å². The molecule has 2 aliphatic heterocycles. The van der Waals surface area contributed by atoms with Crippen molar-refractivity contribution in [1.82, 2.24) is 15.5 Å². The Kier molecular flexibility index (Phi) is 3.81. The molecule has 7 nitrogen and oxygen atoms in total. The number of para-hydroxylation sites is 1. The molecular formula is C15H18N4O3. The van der Waals surface area contributed by atoms with Gasteiger partial charge in [0.05, 0.1) is 0 Å². The largest absolute Gasteiger partial charge is 0.325 e. The predicted octanol–water partition coefficient (Wildman–Crippen LogP) is 0.299. The number of benzene rings is 1. The number of piperidine rings is 1. The lowest BCUT2D eigenvalue weighted by Crippen LogP contribution is -2.54. The minimum absolute atomic E-state index is 0.269. The van der Waals surface area contributed by atoms with Crippen molar-refractivity contribution in [1.29, 1.82) is 0 Å².